The summed E-state index contributed by atoms with van der Waals surface area (Å²) in [6.07, 6.45) is 0. The molecule has 0 aliphatic carbocycles. The van der Waals surface area contributed by atoms with Gasteiger partial charge in [-0.15, -0.1) is 11.3 Å². The number of benzene rings is 2. The Morgan fingerprint density at radius 2 is 1.64 bits per heavy atom. The number of thiophene rings is 1. The Morgan fingerprint density at radius 3 is 2.27 bits per heavy atom. The zero-order valence-corrected chi connectivity index (χ0v) is 19.3. The molecule has 33 heavy (non-hydrogen) atoms. The molecule has 0 atom stereocenters. The molecular formula is C23H23N3O5S2. The van der Waals surface area contributed by atoms with E-state index in [-0.39, 0.29) is 36.5 Å². The van der Waals surface area contributed by atoms with E-state index < -0.39 is 15.9 Å². The van der Waals surface area contributed by atoms with Gasteiger partial charge in [-0.3, -0.25) is 14.5 Å². The fourth-order valence-electron chi connectivity index (χ4n) is 3.61. The zero-order valence-electron chi connectivity index (χ0n) is 17.7. The number of nitrogens with zero attached hydrogens (tertiary/aromatic N) is 2. The molecule has 1 aromatic heterocycles. The van der Waals surface area contributed by atoms with Crippen LogP contribution in [0.1, 0.15) is 20.7 Å². The first-order valence-electron chi connectivity index (χ1n) is 10.3. The van der Waals surface area contributed by atoms with Crippen molar-refractivity contribution in [1.82, 2.24) is 9.21 Å². The number of carbonyl (C=O) groups excluding carboxylic acids is 2. The second kappa shape index (κ2) is 9.84. The third-order valence-electron chi connectivity index (χ3n) is 5.32. The second-order valence-electron chi connectivity index (χ2n) is 7.52. The Morgan fingerprint density at radius 1 is 0.909 bits per heavy atom. The highest BCUT2D eigenvalue weighted by Crippen LogP contribution is 2.25. The number of piperazine rings is 1. The topological polar surface area (TPSA) is 110 Å². The molecule has 1 fully saturated rings. The number of amides is 1. The minimum atomic E-state index is -3.51. The number of carbonyl (C=O) groups is 2. The molecule has 0 unspecified atom stereocenters. The fraction of sp³-hybridized carbons (Fsp3) is 0.217. The molecule has 1 aliphatic rings. The van der Waals surface area contributed by atoms with Crippen LogP contribution in [0.4, 0.5) is 0 Å². The molecule has 2 heterocycles. The smallest absolute Gasteiger partial charge is 0.252 e. The minimum Gasteiger partial charge on any atom is -0.457 e. The molecule has 10 heteroatoms. The summed E-state index contributed by atoms with van der Waals surface area (Å²) in [5.41, 5.74) is 5.79. The molecule has 4 rings (SSSR count). The van der Waals surface area contributed by atoms with E-state index >= 15 is 0 Å². The van der Waals surface area contributed by atoms with Gasteiger partial charge < -0.3 is 10.5 Å². The lowest BCUT2D eigenvalue weighted by atomic mass is 10.0. The van der Waals surface area contributed by atoms with Gasteiger partial charge in [0.25, 0.3) is 10.0 Å². The first kappa shape index (κ1) is 23.1. The van der Waals surface area contributed by atoms with Crippen molar-refractivity contribution < 1.29 is 22.7 Å². The normalized spacial score (nSPS) is 15.3. The number of rotatable bonds is 8. The SMILES string of the molecule is NC(=O)c1ccc(Oc2ccccc2)cc1C(=O)CN1CCN(S(=O)(=O)c2cccs2)CC1. The Bertz CT molecular complexity index is 1240. The maximum atomic E-state index is 13.1. The van der Waals surface area contributed by atoms with E-state index in [2.05, 4.69) is 0 Å². The van der Waals surface area contributed by atoms with Gasteiger partial charge in [0.2, 0.25) is 5.91 Å². The van der Waals surface area contributed by atoms with Gasteiger partial charge in [0.1, 0.15) is 15.7 Å². The van der Waals surface area contributed by atoms with Crippen molar-refractivity contribution in [3.05, 3.63) is 77.2 Å². The standard InChI is InChI=1S/C23H23N3O5S2/c24-23(28)19-9-8-18(31-17-5-2-1-3-6-17)15-20(19)21(27)16-25-10-12-26(13-11-25)33(29,30)22-7-4-14-32-22/h1-9,14-15H,10-13,16H2,(H2,24,28). The zero-order chi connectivity index (χ0) is 23.4. The number of ketones is 1. The molecule has 0 spiro atoms. The van der Waals surface area contributed by atoms with Gasteiger partial charge in [0.05, 0.1) is 12.1 Å². The Balaban J connectivity index is 1.44. The first-order chi connectivity index (χ1) is 15.8. The van der Waals surface area contributed by atoms with Crippen molar-refractivity contribution in [3.63, 3.8) is 0 Å². The third kappa shape index (κ3) is 5.31. The number of hydrogen-bond acceptors (Lipinski definition) is 7. The van der Waals surface area contributed by atoms with Crippen LogP contribution in [0.15, 0.2) is 70.3 Å². The third-order valence-corrected chi connectivity index (χ3v) is 8.60. The predicted molar refractivity (Wildman–Crippen MR) is 125 cm³/mol. The lowest BCUT2D eigenvalue weighted by Crippen LogP contribution is -2.49. The van der Waals surface area contributed by atoms with Gasteiger partial charge in [-0.25, -0.2) is 8.42 Å². The van der Waals surface area contributed by atoms with Crippen molar-refractivity contribution in [3.8, 4) is 11.5 Å². The number of nitrogens with two attached hydrogens (primary N) is 1. The van der Waals surface area contributed by atoms with Crippen LogP contribution in [0.25, 0.3) is 0 Å². The molecule has 172 valence electrons. The lowest BCUT2D eigenvalue weighted by molar-refractivity contribution is 0.0891. The average Bonchev–Trinajstić information content (AvgIpc) is 3.36. The van der Waals surface area contributed by atoms with Crippen molar-refractivity contribution in [1.29, 1.82) is 0 Å². The van der Waals surface area contributed by atoms with Crippen molar-refractivity contribution in [2.45, 2.75) is 4.21 Å². The summed E-state index contributed by atoms with van der Waals surface area (Å²) in [5, 5.41) is 1.73. The van der Waals surface area contributed by atoms with E-state index in [1.54, 1.807) is 35.7 Å². The highest BCUT2D eigenvalue weighted by atomic mass is 32.2. The summed E-state index contributed by atoms with van der Waals surface area (Å²) < 4.78 is 32.9. The number of para-hydroxylation sites is 1. The molecule has 8 nitrogen and oxygen atoms in total. The van der Waals surface area contributed by atoms with Crippen LogP contribution < -0.4 is 10.5 Å². The molecule has 1 amide bonds. The molecule has 1 aliphatic heterocycles. The first-order valence-corrected chi connectivity index (χ1v) is 12.6. The maximum absolute atomic E-state index is 13.1. The maximum Gasteiger partial charge on any atom is 0.252 e. The van der Waals surface area contributed by atoms with Crippen LogP contribution in [0.2, 0.25) is 0 Å². The van der Waals surface area contributed by atoms with E-state index in [9.17, 15) is 18.0 Å². The monoisotopic (exact) mass is 485 g/mol. The summed E-state index contributed by atoms with van der Waals surface area (Å²) in [5.74, 6) is 0.0422. The Kier molecular flexibility index (Phi) is 6.89. The van der Waals surface area contributed by atoms with E-state index in [0.29, 0.717) is 28.8 Å². The van der Waals surface area contributed by atoms with Crippen molar-refractivity contribution >= 4 is 33.1 Å². The summed E-state index contributed by atoms with van der Waals surface area (Å²) >= 11 is 1.19. The molecule has 3 aromatic rings. The molecule has 2 aromatic carbocycles. The number of hydrogen-bond donors (Lipinski definition) is 1. The van der Waals surface area contributed by atoms with E-state index in [1.807, 2.05) is 23.1 Å². The van der Waals surface area contributed by atoms with Crippen LogP contribution >= 0.6 is 11.3 Å². The minimum absolute atomic E-state index is 0.0436. The summed E-state index contributed by atoms with van der Waals surface area (Å²) in [4.78, 5) is 26.8. The molecule has 0 bridgehead atoms. The molecule has 2 N–H and O–H groups in total. The number of Topliss-reactive ketones (excluding diaryl/α,β-unsaturated/α-hetero) is 1. The van der Waals surface area contributed by atoms with Crippen LogP contribution in [0, 0.1) is 0 Å². The summed E-state index contributed by atoms with van der Waals surface area (Å²) in [6, 6.07) is 17.0. The van der Waals surface area contributed by atoms with Gasteiger partial charge in [-0.05, 0) is 41.8 Å². The van der Waals surface area contributed by atoms with Crippen molar-refractivity contribution in [2.24, 2.45) is 5.73 Å². The van der Waals surface area contributed by atoms with Crippen LogP contribution in [-0.4, -0.2) is 62.0 Å². The number of primary amides is 1. The lowest BCUT2D eigenvalue weighted by Gasteiger charge is -2.33. The van der Waals surface area contributed by atoms with Gasteiger partial charge >= 0.3 is 0 Å². The largest absolute Gasteiger partial charge is 0.457 e. The quantitative estimate of drug-likeness (QED) is 0.492. The molecule has 0 saturated carbocycles. The van der Waals surface area contributed by atoms with Crippen LogP contribution in [0.5, 0.6) is 11.5 Å². The van der Waals surface area contributed by atoms with Crippen molar-refractivity contribution in [2.75, 3.05) is 32.7 Å². The predicted octanol–water partition coefficient (Wildman–Crippen LogP) is 2.83. The fourth-order valence-corrected chi connectivity index (χ4v) is 6.18. The highest BCUT2D eigenvalue weighted by Gasteiger charge is 2.30. The van der Waals surface area contributed by atoms with Gasteiger partial charge in [-0.2, -0.15) is 4.31 Å². The Hall–Kier alpha value is -3.05. The summed E-state index contributed by atoms with van der Waals surface area (Å²) in [6.45, 7) is 1.42. The molecule has 1 saturated heterocycles. The van der Waals surface area contributed by atoms with E-state index in [1.165, 1.54) is 27.8 Å². The van der Waals surface area contributed by atoms with Gasteiger partial charge in [0, 0.05) is 31.7 Å². The number of sulfonamides is 1. The second-order valence-corrected chi connectivity index (χ2v) is 10.6. The van der Waals surface area contributed by atoms with Crippen LogP contribution in [-0.2, 0) is 10.0 Å². The highest BCUT2D eigenvalue weighted by molar-refractivity contribution is 7.91. The Labute approximate surface area is 196 Å². The van der Waals surface area contributed by atoms with Crippen LogP contribution in [0.3, 0.4) is 0 Å². The molecule has 0 radical (unpaired) electrons. The van der Waals surface area contributed by atoms with E-state index in [4.69, 9.17) is 10.5 Å². The van der Waals surface area contributed by atoms with Gasteiger partial charge in [-0.1, -0.05) is 24.3 Å². The average molecular weight is 486 g/mol. The number of ether oxygens (including phenoxy) is 1. The van der Waals surface area contributed by atoms with Gasteiger partial charge in [0.15, 0.2) is 5.78 Å². The van der Waals surface area contributed by atoms with E-state index in [0.717, 1.165) is 0 Å². The molecular weight excluding hydrogens is 462 g/mol. The summed E-state index contributed by atoms with van der Waals surface area (Å²) in [7, 11) is -3.51.